The molecule has 2 N–H and O–H groups in total. The second-order valence-electron chi connectivity index (χ2n) is 5.21. The first kappa shape index (κ1) is 13.9. The van der Waals surface area contributed by atoms with Crippen LogP contribution < -0.4 is 5.32 Å². The van der Waals surface area contributed by atoms with Gasteiger partial charge < -0.3 is 10.4 Å². The SMILES string of the molecule is Cc1cc(C(=O)NC2CCCCCC2CO)ncn1. The summed E-state index contributed by atoms with van der Waals surface area (Å²) in [5, 5.41) is 12.5. The smallest absolute Gasteiger partial charge is 0.270 e. The zero-order valence-electron chi connectivity index (χ0n) is 11.3. The van der Waals surface area contributed by atoms with Gasteiger partial charge in [-0.3, -0.25) is 4.79 Å². The highest BCUT2D eigenvalue weighted by molar-refractivity contribution is 5.92. The van der Waals surface area contributed by atoms with E-state index in [0.717, 1.165) is 31.4 Å². The van der Waals surface area contributed by atoms with E-state index in [1.54, 1.807) is 6.07 Å². The Morgan fingerprint density at radius 3 is 2.89 bits per heavy atom. The Labute approximate surface area is 113 Å². The third-order valence-electron chi connectivity index (χ3n) is 3.75. The number of aliphatic hydroxyl groups excluding tert-OH is 1. The number of aliphatic hydroxyl groups is 1. The fraction of sp³-hybridized carbons (Fsp3) is 0.643. The molecule has 1 fully saturated rings. The number of amides is 1. The van der Waals surface area contributed by atoms with Gasteiger partial charge in [-0.25, -0.2) is 9.97 Å². The van der Waals surface area contributed by atoms with Gasteiger partial charge in [-0.05, 0) is 25.8 Å². The molecule has 2 rings (SSSR count). The summed E-state index contributed by atoms with van der Waals surface area (Å²) in [5.74, 6) is -0.00904. The van der Waals surface area contributed by atoms with Crippen LogP contribution >= 0.6 is 0 Å². The van der Waals surface area contributed by atoms with Crippen molar-refractivity contribution in [2.45, 2.75) is 45.1 Å². The Hall–Kier alpha value is -1.49. The highest BCUT2D eigenvalue weighted by Crippen LogP contribution is 2.23. The van der Waals surface area contributed by atoms with Crippen LogP contribution in [0.3, 0.4) is 0 Å². The molecule has 2 atom stereocenters. The molecular weight excluding hydrogens is 242 g/mol. The standard InChI is InChI=1S/C14H21N3O2/c1-10-7-13(16-9-15-10)14(19)17-12-6-4-2-3-5-11(12)8-18/h7,9,11-12,18H,2-6,8H2,1H3,(H,17,19). The molecule has 5 heteroatoms. The Morgan fingerprint density at radius 1 is 1.37 bits per heavy atom. The van der Waals surface area contributed by atoms with Gasteiger partial charge in [-0.2, -0.15) is 0 Å². The molecule has 0 bridgehead atoms. The van der Waals surface area contributed by atoms with Crippen LogP contribution in [0.1, 0.15) is 48.3 Å². The van der Waals surface area contributed by atoms with E-state index < -0.39 is 0 Å². The van der Waals surface area contributed by atoms with Gasteiger partial charge in [0, 0.05) is 24.3 Å². The molecule has 1 saturated carbocycles. The predicted octanol–water partition coefficient (Wildman–Crippen LogP) is 1.46. The molecule has 1 aliphatic rings. The highest BCUT2D eigenvalue weighted by Gasteiger charge is 2.25. The summed E-state index contributed by atoms with van der Waals surface area (Å²) in [6.07, 6.45) is 6.72. The molecule has 0 aliphatic heterocycles. The Morgan fingerprint density at radius 2 is 2.16 bits per heavy atom. The number of nitrogens with zero attached hydrogens (tertiary/aromatic N) is 2. The Balaban J connectivity index is 2.04. The minimum Gasteiger partial charge on any atom is -0.396 e. The number of hydrogen-bond acceptors (Lipinski definition) is 4. The maximum absolute atomic E-state index is 12.2. The van der Waals surface area contributed by atoms with E-state index >= 15 is 0 Å². The lowest BCUT2D eigenvalue weighted by molar-refractivity contribution is 0.0894. The van der Waals surface area contributed by atoms with Gasteiger partial charge in [0.05, 0.1) is 0 Å². The highest BCUT2D eigenvalue weighted by atomic mass is 16.3. The van der Waals surface area contributed by atoms with Crippen molar-refractivity contribution in [3.63, 3.8) is 0 Å². The van der Waals surface area contributed by atoms with Gasteiger partial charge in [-0.15, -0.1) is 0 Å². The third kappa shape index (κ3) is 3.73. The lowest BCUT2D eigenvalue weighted by Gasteiger charge is -2.24. The van der Waals surface area contributed by atoms with Crippen molar-refractivity contribution in [2.24, 2.45) is 5.92 Å². The van der Waals surface area contributed by atoms with Crippen molar-refractivity contribution in [3.8, 4) is 0 Å². The first-order chi connectivity index (χ1) is 9.20. The van der Waals surface area contributed by atoms with Crippen molar-refractivity contribution >= 4 is 5.91 Å². The average Bonchev–Trinajstić information content (AvgIpc) is 2.63. The Bertz CT molecular complexity index is 436. The first-order valence-electron chi connectivity index (χ1n) is 6.91. The molecule has 0 spiro atoms. The van der Waals surface area contributed by atoms with Crippen LogP contribution in [0.4, 0.5) is 0 Å². The summed E-state index contributed by atoms with van der Waals surface area (Å²) >= 11 is 0. The van der Waals surface area contributed by atoms with Gasteiger partial charge in [0.2, 0.25) is 0 Å². The number of nitrogens with one attached hydrogen (secondary N) is 1. The molecule has 5 nitrogen and oxygen atoms in total. The van der Waals surface area contributed by atoms with Crippen molar-refractivity contribution < 1.29 is 9.90 Å². The zero-order valence-corrected chi connectivity index (χ0v) is 11.3. The third-order valence-corrected chi connectivity index (χ3v) is 3.75. The molecule has 19 heavy (non-hydrogen) atoms. The van der Waals surface area contributed by atoms with Gasteiger partial charge in [0.15, 0.2) is 0 Å². The van der Waals surface area contributed by atoms with Gasteiger partial charge in [0.25, 0.3) is 5.91 Å². The molecule has 1 amide bonds. The van der Waals surface area contributed by atoms with Crippen LogP contribution in [0.2, 0.25) is 0 Å². The molecule has 1 aliphatic carbocycles. The second kappa shape index (κ2) is 6.61. The second-order valence-corrected chi connectivity index (χ2v) is 5.21. The summed E-state index contributed by atoms with van der Waals surface area (Å²) in [4.78, 5) is 20.1. The minimum atomic E-state index is -0.171. The van der Waals surface area contributed by atoms with Crippen molar-refractivity contribution in [2.75, 3.05) is 6.61 Å². The Kier molecular flexibility index (Phi) is 4.85. The predicted molar refractivity (Wildman–Crippen MR) is 71.7 cm³/mol. The van der Waals surface area contributed by atoms with Gasteiger partial charge in [-0.1, -0.05) is 19.3 Å². The lowest BCUT2D eigenvalue weighted by atomic mass is 9.95. The molecule has 2 unspecified atom stereocenters. The molecule has 0 aromatic carbocycles. The van der Waals surface area contributed by atoms with Crippen molar-refractivity contribution in [1.29, 1.82) is 0 Å². The largest absolute Gasteiger partial charge is 0.396 e. The van der Waals surface area contributed by atoms with Crippen LogP contribution in [-0.4, -0.2) is 33.6 Å². The summed E-state index contributed by atoms with van der Waals surface area (Å²) in [7, 11) is 0. The monoisotopic (exact) mass is 263 g/mol. The summed E-state index contributed by atoms with van der Waals surface area (Å²) in [6.45, 7) is 1.97. The first-order valence-corrected chi connectivity index (χ1v) is 6.91. The molecule has 0 radical (unpaired) electrons. The maximum atomic E-state index is 12.2. The maximum Gasteiger partial charge on any atom is 0.270 e. The molecule has 1 aromatic rings. The molecule has 1 heterocycles. The zero-order chi connectivity index (χ0) is 13.7. The fourth-order valence-electron chi connectivity index (χ4n) is 2.61. The molecule has 104 valence electrons. The molecule has 0 saturated heterocycles. The summed E-state index contributed by atoms with van der Waals surface area (Å²) < 4.78 is 0. The lowest BCUT2D eigenvalue weighted by Crippen LogP contribution is -2.41. The van der Waals surface area contributed by atoms with E-state index in [1.807, 2.05) is 6.92 Å². The summed E-state index contributed by atoms with van der Waals surface area (Å²) in [5.41, 5.74) is 1.17. The number of carbonyl (C=O) groups is 1. The van der Waals surface area contributed by atoms with Crippen LogP contribution in [0.5, 0.6) is 0 Å². The van der Waals surface area contributed by atoms with Crippen molar-refractivity contribution in [3.05, 3.63) is 23.8 Å². The van der Waals surface area contributed by atoms with Gasteiger partial charge >= 0.3 is 0 Å². The normalized spacial score (nSPS) is 23.7. The number of aromatic nitrogens is 2. The molecule has 1 aromatic heterocycles. The molecular formula is C14H21N3O2. The number of rotatable bonds is 3. The van der Waals surface area contributed by atoms with Crippen LogP contribution in [0.15, 0.2) is 12.4 Å². The fourth-order valence-corrected chi connectivity index (χ4v) is 2.61. The minimum absolute atomic E-state index is 0.0512. The van der Waals surface area contributed by atoms with E-state index in [4.69, 9.17) is 0 Å². The number of hydrogen-bond donors (Lipinski definition) is 2. The van der Waals surface area contributed by atoms with E-state index in [2.05, 4.69) is 15.3 Å². The van der Waals surface area contributed by atoms with Gasteiger partial charge in [0.1, 0.15) is 12.0 Å². The number of carbonyl (C=O) groups excluding carboxylic acids is 1. The quantitative estimate of drug-likeness (QED) is 0.809. The van der Waals surface area contributed by atoms with Crippen LogP contribution in [0.25, 0.3) is 0 Å². The van der Waals surface area contributed by atoms with E-state index in [1.165, 1.54) is 12.7 Å². The van der Waals surface area contributed by atoms with E-state index in [-0.39, 0.29) is 24.5 Å². The van der Waals surface area contributed by atoms with Crippen molar-refractivity contribution in [1.82, 2.24) is 15.3 Å². The van der Waals surface area contributed by atoms with E-state index in [0.29, 0.717) is 5.69 Å². The van der Waals surface area contributed by atoms with E-state index in [9.17, 15) is 9.90 Å². The van der Waals surface area contributed by atoms with Crippen LogP contribution in [-0.2, 0) is 0 Å². The topological polar surface area (TPSA) is 75.1 Å². The average molecular weight is 263 g/mol. The van der Waals surface area contributed by atoms with Crippen LogP contribution in [0, 0.1) is 12.8 Å². The number of aryl methyl sites for hydroxylation is 1. The summed E-state index contributed by atoms with van der Waals surface area (Å²) in [6, 6.07) is 1.73.